The fourth-order valence-electron chi connectivity index (χ4n) is 1.58. The summed E-state index contributed by atoms with van der Waals surface area (Å²) in [5.74, 6) is -0.214. The Kier molecular flexibility index (Phi) is 3.71. The topological polar surface area (TPSA) is 80.9 Å². The molecule has 0 bridgehead atoms. The molecule has 94 valence electrons. The van der Waals surface area contributed by atoms with Crippen molar-refractivity contribution in [2.45, 2.75) is 19.8 Å². The first-order chi connectivity index (χ1) is 8.63. The van der Waals surface area contributed by atoms with Gasteiger partial charge in [0.05, 0.1) is 11.3 Å². The van der Waals surface area contributed by atoms with Crippen LogP contribution >= 0.6 is 15.9 Å². The van der Waals surface area contributed by atoms with E-state index in [0.717, 1.165) is 24.4 Å². The van der Waals surface area contributed by atoms with Crippen molar-refractivity contribution in [3.05, 3.63) is 34.1 Å². The van der Waals surface area contributed by atoms with Gasteiger partial charge in [0.15, 0.2) is 5.82 Å². The van der Waals surface area contributed by atoms with Crippen LogP contribution in [-0.4, -0.2) is 31.3 Å². The number of aromatic carboxylic acids is 1. The third-order valence-electron chi connectivity index (χ3n) is 2.43. The molecule has 0 atom stereocenters. The molecule has 1 aromatic carbocycles. The number of halogens is 1. The van der Waals surface area contributed by atoms with Crippen LogP contribution in [0.3, 0.4) is 0 Å². The number of rotatable bonds is 4. The van der Waals surface area contributed by atoms with Gasteiger partial charge in [-0.3, -0.25) is 0 Å². The normalized spacial score (nSPS) is 10.6. The number of tetrazole rings is 1. The fourth-order valence-corrected chi connectivity index (χ4v) is 2.13. The molecule has 0 spiro atoms. The van der Waals surface area contributed by atoms with Crippen molar-refractivity contribution in [2.75, 3.05) is 0 Å². The maximum Gasteiger partial charge on any atom is 0.335 e. The van der Waals surface area contributed by atoms with Gasteiger partial charge < -0.3 is 5.11 Å². The summed E-state index contributed by atoms with van der Waals surface area (Å²) in [6, 6.07) is 4.75. The molecule has 0 unspecified atom stereocenters. The van der Waals surface area contributed by atoms with E-state index in [2.05, 4.69) is 31.5 Å². The quantitative estimate of drug-likeness (QED) is 0.935. The van der Waals surface area contributed by atoms with E-state index >= 15 is 0 Å². The number of hydrogen-bond donors (Lipinski definition) is 1. The minimum absolute atomic E-state index is 0.218. The first-order valence-electron chi connectivity index (χ1n) is 5.44. The summed E-state index contributed by atoms with van der Waals surface area (Å²) >= 11 is 3.34. The van der Waals surface area contributed by atoms with E-state index in [1.165, 1.54) is 12.1 Å². The highest BCUT2D eigenvalue weighted by Crippen LogP contribution is 2.22. The first kappa shape index (κ1) is 12.7. The zero-order valence-electron chi connectivity index (χ0n) is 9.67. The number of benzene rings is 1. The Morgan fingerprint density at radius 3 is 2.89 bits per heavy atom. The van der Waals surface area contributed by atoms with Gasteiger partial charge in [0.25, 0.3) is 0 Å². The Hall–Kier alpha value is -1.76. The van der Waals surface area contributed by atoms with Crippen molar-refractivity contribution in [1.29, 1.82) is 0 Å². The maximum atomic E-state index is 10.9. The standard InChI is InChI=1S/C11H11BrN4O2/c1-2-3-10-13-14-15-16(10)9-5-4-7(11(17)18)6-8(9)12/h4-6H,2-3H2,1H3,(H,17,18). The predicted octanol–water partition coefficient (Wildman–Crippen LogP) is 2.08. The van der Waals surface area contributed by atoms with E-state index in [-0.39, 0.29) is 5.56 Å². The average molecular weight is 311 g/mol. The summed E-state index contributed by atoms with van der Waals surface area (Å²) in [7, 11) is 0. The smallest absolute Gasteiger partial charge is 0.335 e. The molecule has 1 heterocycles. The van der Waals surface area contributed by atoms with Crippen molar-refractivity contribution in [3.63, 3.8) is 0 Å². The zero-order chi connectivity index (χ0) is 13.1. The fraction of sp³-hybridized carbons (Fsp3) is 0.273. The SMILES string of the molecule is CCCc1nnnn1-c1ccc(C(=O)O)cc1Br. The Morgan fingerprint density at radius 2 is 2.28 bits per heavy atom. The van der Waals surface area contributed by atoms with E-state index in [1.807, 2.05) is 6.92 Å². The van der Waals surface area contributed by atoms with Gasteiger partial charge >= 0.3 is 5.97 Å². The molecule has 0 fully saturated rings. The molecular formula is C11H11BrN4O2. The van der Waals surface area contributed by atoms with Crippen molar-refractivity contribution in [2.24, 2.45) is 0 Å². The average Bonchev–Trinajstić information content (AvgIpc) is 2.77. The van der Waals surface area contributed by atoms with Crippen LogP contribution in [0.25, 0.3) is 5.69 Å². The van der Waals surface area contributed by atoms with Gasteiger partial charge in [-0.25, -0.2) is 4.79 Å². The molecule has 1 N–H and O–H groups in total. The van der Waals surface area contributed by atoms with E-state index in [9.17, 15) is 4.79 Å². The lowest BCUT2D eigenvalue weighted by molar-refractivity contribution is 0.0697. The molecule has 6 nitrogen and oxygen atoms in total. The lowest BCUT2D eigenvalue weighted by Crippen LogP contribution is -2.05. The number of nitrogens with zero attached hydrogens (tertiary/aromatic N) is 4. The largest absolute Gasteiger partial charge is 0.478 e. The monoisotopic (exact) mass is 310 g/mol. The third kappa shape index (κ3) is 2.40. The summed E-state index contributed by atoms with van der Waals surface area (Å²) in [5.41, 5.74) is 0.948. The molecule has 0 aliphatic rings. The molecule has 0 amide bonds. The van der Waals surface area contributed by atoms with Crippen LogP contribution in [-0.2, 0) is 6.42 Å². The highest BCUT2D eigenvalue weighted by molar-refractivity contribution is 9.10. The highest BCUT2D eigenvalue weighted by atomic mass is 79.9. The van der Waals surface area contributed by atoms with Crippen molar-refractivity contribution < 1.29 is 9.90 Å². The van der Waals surface area contributed by atoms with Gasteiger partial charge in [-0.05, 0) is 51.0 Å². The van der Waals surface area contributed by atoms with Gasteiger partial charge in [0.2, 0.25) is 0 Å². The van der Waals surface area contributed by atoms with Crippen LogP contribution in [0.4, 0.5) is 0 Å². The third-order valence-corrected chi connectivity index (χ3v) is 3.07. The number of carboxylic acid groups (broad SMARTS) is 1. The lowest BCUT2D eigenvalue weighted by atomic mass is 10.2. The summed E-state index contributed by atoms with van der Waals surface area (Å²) in [5, 5.41) is 20.4. The molecule has 0 aliphatic heterocycles. The van der Waals surface area contributed by atoms with Crippen molar-refractivity contribution in [3.8, 4) is 5.69 Å². The summed E-state index contributed by atoms with van der Waals surface area (Å²) in [4.78, 5) is 10.9. The Morgan fingerprint density at radius 1 is 1.50 bits per heavy atom. The van der Waals surface area contributed by atoms with Gasteiger partial charge in [0, 0.05) is 10.9 Å². The summed E-state index contributed by atoms with van der Waals surface area (Å²) < 4.78 is 2.26. The maximum absolute atomic E-state index is 10.9. The van der Waals surface area contributed by atoms with Crippen LogP contribution < -0.4 is 0 Å². The minimum atomic E-state index is -0.965. The molecule has 0 saturated heterocycles. The second-order valence-corrected chi connectivity index (χ2v) is 4.58. The van der Waals surface area contributed by atoms with Crippen LogP contribution in [0.2, 0.25) is 0 Å². The molecular weight excluding hydrogens is 300 g/mol. The second kappa shape index (κ2) is 5.26. The molecule has 2 aromatic rings. The summed E-state index contributed by atoms with van der Waals surface area (Å²) in [6.07, 6.45) is 1.70. The van der Waals surface area contributed by atoms with Crippen LogP contribution in [0.15, 0.2) is 22.7 Å². The van der Waals surface area contributed by atoms with Crippen LogP contribution in [0.1, 0.15) is 29.5 Å². The van der Waals surface area contributed by atoms with E-state index in [1.54, 1.807) is 10.7 Å². The van der Waals surface area contributed by atoms with Crippen LogP contribution in [0.5, 0.6) is 0 Å². The van der Waals surface area contributed by atoms with Crippen LogP contribution in [0, 0.1) is 0 Å². The molecule has 0 aliphatic carbocycles. The number of aryl methyl sites for hydroxylation is 1. The van der Waals surface area contributed by atoms with E-state index in [4.69, 9.17) is 5.11 Å². The Labute approximate surface area is 112 Å². The minimum Gasteiger partial charge on any atom is -0.478 e. The Bertz CT molecular complexity index is 582. The molecule has 1 aromatic heterocycles. The zero-order valence-corrected chi connectivity index (χ0v) is 11.3. The Balaban J connectivity index is 2.44. The van der Waals surface area contributed by atoms with E-state index < -0.39 is 5.97 Å². The lowest BCUT2D eigenvalue weighted by Gasteiger charge is -2.06. The van der Waals surface area contributed by atoms with Crippen molar-refractivity contribution >= 4 is 21.9 Å². The molecule has 0 saturated carbocycles. The second-order valence-electron chi connectivity index (χ2n) is 3.73. The van der Waals surface area contributed by atoms with E-state index in [0.29, 0.717) is 4.47 Å². The predicted molar refractivity (Wildman–Crippen MR) is 67.8 cm³/mol. The number of hydrogen-bond acceptors (Lipinski definition) is 4. The van der Waals surface area contributed by atoms with Gasteiger partial charge in [-0.15, -0.1) is 5.10 Å². The number of carboxylic acids is 1. The molecule has 7 heteroatoms. The summed E-state index contributed by atoms with van der Waals surface area (Å²) in [6.45, 7) is 2.04. The molecule has 2 rings (SSSR count). The van der Waals surface area contributed by atoms with Gasteiger partial charge in [-0.2, -0.15) is 4.68 Å². The molecule has 18 heavy (non-hydrogen) atoms. The van der Waals surface area contributed by atoms with Gasteiger partial charge in [0.1, 0.15) is 0 Å². The highest BCUT2D eigenvalue weighted by Gasteiger charge is 2.12. The first-order valence-corrected chi connectivity index (χ1v) is 6.23. The van der Waals surface area contributed by atoms with Gasteiger partial charge in [-0.1, -0.05) is 6.92 Å². The number of aromatic nitrogens is 4. The number of carbonyl (C=O) groups is 1. The van der Waals surface area contributed by atoms with Crippen molar-refractivity contribution in [1.82, 2.24) is 20.2 Å². The molecule has 0 radical (unpaired) electrons.